The lowest BCUT2D eigenvalue weighted by Gasteiger charge is -2.29. The number of ether oxygens (including phenoxy) is 1. The van der Waals surface area contributed by atoms with Gasteiger partial charge in [-0.1, -0.05) is 6.07 Å². The van der Waals surface area contributed by atoms with Gasteiger partial charge in [0.05, 0.1) is 29.9 Å². The number of nitriles is 1. The van der Waals surface area contributed by atoms with Crippen molar-refractivity contribution in [1.29, 1.82) is 5.26 Å². The zero-order chi connectivity index (χ0) is 33.5. The first-order valence-corrected chi connectivity index (χ1v) is 16.3. The van der Waals surface area contributed by atoms with Crippen LogP contribution in [0.1, 0.15) is 24.8 Å². The summed E-state index contributed by atoms with van der Waals surface area (Å²) >= 11 is 0. The first kappa shape index (κ1) is 34.5. The van der Waals surface area contributed by atoms with Gasteiger partial charge in [0.15, 0.2) is 9.84 Å². The number of halogens is 4. The molecule has 1 aromatic heterocycles. The zero-order valence-electron chi connectivity index (χ0n) is 25.0. The van der Waals surface area contributed by atoms with Crippen LogP contribution in [0.15, 0.2) is 42.5 Å². The molecule has 0 aliphatic carbocycles. The van der Waals surface area contributed by atoms with Crippen molar-refractivity contribution in [3.05, 3.63) is 53.8 Å². The molecule has 1 atom stereocenters. The molecule has 2 aliphatic rings. The quantitative estimate of drug-likeness (QED) is 0.313. The molecule has 2 saturated heterocycles. The molecule has 46 heavy (non-hydrogen) atoms. The first-order valence-electron chi connectivity index (χ1n) is 14.5. The van der Waals surface area contributed by atoms with E-state index in [9.17, 15) is 31.2 Å². The summed E-state index contributed by atoms with van der Waals surface area (Å²) in [6, 6.07) is 14.0. The summed E-state index contributed by atoms with van der Waals surface area (Å²) in [6.45, 7) is 3.68. The SMILES string of the molecule is COc1cc(N2CCS(=O)(=O)CC2)ccc1-n1nc(NC[C@@H]2CCCNCC2)cc1-c1ccc(C#N)c(F)c1.O=C(O)C(F)(F)F. The summed E-state index contributed by atoms with van der Waals surface area (Å²) in [7, 11) is -1.42. The minimum atomic E-state index is -5.08. The molecule has 0 unspecified atom stereocenters. The smallest absolute Gasteiger partial charge is 0.490 e. The molecule has 0 bridgehead atoms. The number of carbonyl (C=O) groups is 1. The van der Waals surface area contributed by atoms with Gasteiger partial charge in [-0.05, 0) is 62.5 Å². The molecule has 0 spiro atoms. The molecular weight excluding hydrogens is 632 g/mol. The van der Waals surface area contributed by atoms with E-state index >= 15 is 0 Å². The molecule has 5 rings (SSSR count). The van der Waals surface area contributed by atoms with E-state index < -0.39 is 27.8 Å². The Morgan fingerprint density at radius 1 is 1.15 bits per heavy atom. The number of rotatable bonds is 7. The van der Waals surface area contributed by atoms with Crippen LogP contribution in [-0.2, 0) is 14.6 Å². The zero-order valence-corrected chi connectivity index (χ0v) is 25.8. The van der Waals surface area contributed by atoms with Gasteiger partial charge in [-0.2, -0.15) is 18.4 Å². The van der Waals surface area contributed by atoms with Crippen LogP contribution in [0.4, 0.5) is 29.1 Å². The van der Waals surface area contributed by atoms with Crippen molar-refractivity contribution in [2.24, 2.45) is 5.92 Å². The number of methoxy groups -OCH3 is 1. The summed E-state index contributed by atoms with van der Waals surface area (Å²) in [4.78, 5) is 10.9. The number of benzene rings is 2. The summed E-state index contributed by atoms with van der Waals surface area (Å²) in [5.74, 6) is -1.35. The lowest BCUT2D eigenvalue weighted by atomic mass is 10.0. The van der Waals surface area contributed by atoms with Crippen LogP contribution in [-0.4, -0.2) is 86.8 Å². The van der Waals surface area contributed by atoms with Crippen molar-refractivity contribution in [3.63, 3.8) is 0 Å². The Morgan fingerprint density at radius 3 is 2.50 bits per heavy atom. The number of hydrogen-bond donors (Lipinski definition) is 3. The minimum Gasteiger partial charge on any atom is -0.494 e. The standard InChI is InChI=1S/C28H33FN6O3S.C2HF3O2/c1-38-27-16-23(34-11-13-39(36,37)14-12-34)6-7-25(27)35-26(21-4-5-22(18-30)24(29)15-21)17-28(33-35)32-19-20-3-2-9-31-10-8-20;3-2(4,5)1(6)7/h4-7,15-17,20,31H,2-3,8-14,19H2,1H3,(H,32,33);(H,6,7)/t20-;/m1./s1. The molecule has 3 heterocycles. The van der Waals surface area contributed by atoms with Gasteiger partial charge < -0.3 is 25.4 Å². The molecule has 2 aromatic carbocycles. The van der Waals surface area contributed by atoms with Gasteiger partial charge in [-0.15, -0.1) is 5.10 Å². The summed E-state index contributed by atoms with van der Waals surface area (Å²) in [6.07, 6.45) is -1.71. The van der Waals surface area contributed by atoms with Crippen molar-refractivity contribution in [2.45, 2.75) is 25.4 Å². The van der Waals surface area contributed by atoms with Crippen LogP contribution < -0.4 is 20.3 Å². The predicted octanol–water partition coefficient (Wildman–Crippen LogP) is 4.23. The average Bonchev–Trinajstić information content (AvgIpc) is 3.26. The molecule has 2 aliphatic heterocycles. The molecule has 0 radical (unpaired) electrons. The highest BCUT2D eigenvalue weighted by Gasteiger charge is 2.38. The van der Waals surface area contributed by atoms with Crippen LogP contribution in [0.3, 0.4) is 0 Å². The van der Waals surface area contributed by atoms with E-state index in [0.717, 1.165) is 44.6 Å². The lowest BCUT2D eigenvalue weighted by molar-refractivity contribution is -0.192. The fourth-order valence-corrected chi connectivity index (χ4v) is 6.38. The maximum Gasteiger partial charge on any atom is 0.490 e. The number of hydrogen-bond acceptors (Lipinski definition) is 9. The maximum absolute atomic E-state index is 14.6. The third-order valence-corrected chi connectivity index (χ3v) is 9.31. The van der Waals surface area contributed by atoms with Crippen LogP contribution >= 0.6 is 0 Å². The molecule has 0 amide bonds. The molecular formula is C30H34F4N6O5S. The monoisotopic (exact) mass is 666 g/mol. The highest BCUT2D eigenvalue weighted by atomic mass is 32.2. The van der Waals surface area contributed by atoms with Gasteiger partial charge in [0.1, 0.15) is 29.1 Å². The predicted molar refractivity (Wildman–Crippen MR) is 163 cm³/mol. The Labute approximate surface area is 263 Å². The van der Waals surface area contributed by atoms with Crippen LogP contribution in [0.25, 0.3) is 16.9 Å². The van der Waals surface area contributed by atoms with E-state index in [1.165, 1.54) is 12.1 Å². The van der Waals surface area contributed by atoms with Crippen molar-refractivity contribution in [2.75, 3.05) is 61.6 Å². The highest BCUT2D eigenvalue weighted by Crippen LogP contribution is 2.34. The van der Waals surface area contributed by atoms with Crippen LogP contribution in [0.5, 0.6) is 5.75 Å². The summed E-state index contributed by atoms with van der Waals surface area (Å²) in [5, 5.41) is 28.1. The Balaban J connectivity index is 0.000000617. The topological polar surface area (TPSA) is 150 Å². The van der Waals surface area contributed by atoms with Crippen LogP contribution in [0.2, 0.25) is 0 Å². The van der Waals surface area contributed by atoms with E-state index in [2.05, 4.69) is 10.6 Å². The number of carboxylic acids is 1. The van der Waals surface area contributed by atoms with Crippen molar-refractivity contribution in [1.82, 2.24) is 15.1 Å². The van der Waals surface area contributed by atoms with Gasteiger partial charge in [0.25, 0.3) is 0 Å². The van der Waals surface area contributed by atoms with E-state index in [4.69, 9.17) is 19.7 Å². The lowest BCUT2D eigenvalue weighted by Crippen LogP contribution is -2.40. The van der Waals surface area contributed by atoms with Gasteiger partial charge in [-0.3, -0.25) is 0 Å². The minimum absolute atomic E-state index is 0.0179. The first-order chi connectivity index (χ1) is 21.8. The molecule has 2 fully saturated rings. The van der Waals surface area contributed by atoms with E-state index in [1.807, 2.05) is 35.2 Å². The Kier molecular flexibility index (Phi) is 11.1. The molecule has 11 nitrogen and oxygen atoms in total. The van der Waals surface area contributed by atoms with Gasteiger partial charge >= 0.3 is 12.1 Å². The van der Waals surface area contributed by atoms with Crippen molar-refractivity contribution in [3.8, 4) is 28.8 Å². The normalized spacial score (nSPS) is 18.0. The fraction of sp³-hybridized carbons (Fsp3) is 0.433. The number of nitrogens with zero attached hydrogens (tertiary/aromatic N) is 4. The number of sulfone groups is 1. The molecule has 3 N–H and O–H groups in total. The maximum atomic E-state index is 14.6. The fourth-order valence-electron chi connectivity index (χ4n) is 5.17. The molecule has 248 valence electrons. The summed E-state index contributed by atoms with van der Waals surface area (Å²) < 4.78 is 77.6. The summed E-state index contributed by atoms with van der Waals surface area (Å²) in [5.41, 5.74) is 2.74. The van der Waals surface area contributed by atoms with E-state index in [-0.39, 0.29) is 17.1 Å². The second kappa shape index (κ2) is 14.8. The largest absolute Gasteiger partial charge is 0.494 e. The van der Waals surface area contributed by atoms with Gasteiger partial charge in [0.2, 0.25) is 0 Å². The van der Waals surface area contributed by atoms with Crippen LogP contribution in [0, 0.1) is 23.1 Å². The Morgan fingerprint density at radius 2 is 1.87 bits per heavy atom. The Hall–Kier alpha value is -4.36. The number of aromatic nitrogens is 2. The number of anilines is 2. The number of alkyl halides is 3. The van der Waals surface area contributed by atoms with Gasteiger partial charge in [0, 0.05) is 43.0 Å². The van der Waals surface area contributed by atoms with E-state index in [0.29, 0.717) is 47.5 Å². The van der Waals surface area contributed by atoms with Crippen molar-refractivity contribution < 1.29 is 40.6 Å². The number of carboxylic acid groups (broad SMARTS) is 1. The second-order valence-electron chi connectivity index (χ2n) is 10.9. The average molecular weight is 667 g/mol. The molecule has 0 saturated carbocycles. The van der Waals surface area contributed by atoms with E-state index in [1.54, 1.807) is 17.9 Å². The van der Waals surface area contributed by atoms with Crippen molar-refractivity contribution >= 4 is 27.3 Å². The highest BCUT2D eigenvalue weighted by molar-refractivity contribution is 7.91. The third-order valence-electron chi connectivity index (χ3n) is 7.71. The second-order valence-corrected chi connectivity index (χ2v) is 13.2. The third kappa shape index (κ3) is 8.88. The number of aliphatic carboxylic acids is 1. The molecule has 16 heteroatoms. The Bertz CT molecular complexity index is 1670. The molecule has 3 aromatic rings. The number of nitrogens with one attached hydrogen (secondary N) is 2. The van der Waals surface area contributed by atoms with Gasteiger partial charge in [-0.25, -0.2) is 22.3 Å².